The molecule has 2 rings (SSSR count). The van der Waals surface area contributed by atoms with Gasteiger partial charge in [-0.1, -0.05) is 25.0 Å². The molecule has 0 spiro atoms. The molecule has 1 aliphatic rings. The summed E-state index contributed by atoms with van der Waals surface area (Å²) in [6, 6.07) is 7.03. The zero-order chi connectivity index (χ0) is 14.6. The number of primary sulfonamides is 1. The molecular formula is C14H22N2O3S. The van der Waals surface area contributed by atoms with Gasteiger partial charge in [-0.05, 0) is 30.5 Å². The third-order valence-electron chi connectivity index (χ3n) is 3.83. The molecule has 5 nitrogen and oxygen atoms in total. The molecule has 1 aromatic carbocycles. The van der Waals surface area contributed by atoms with Crippen LogP contribution in [0.1, 0.15) is 31.2 Å². The molecule has 1 aliphatic carbocycles. The highest BCUT2D eigenvalue weighted by atomic mass is 32.2. The third kappa shape index (κ3) is 4.02. The number of sulfonamides is 1. The lowest BCUT2D eigenvalue weighted by molar-refractivity contribution is 0.0413. The fraction of sp³-hybridized carbons (Fsp3) is 0.571. The third-order valence-corrected chi connectivity index (χ3v) is 4.75. The maximum absolute atomic E-state index is 11.2. The van der Waals surface area contributed by atoms with Crippen molar-refractivity contribution in [2.24, 2.45) is 5.14 Å². The number of ether oxygens (including phenoxy) is 1. The summed E-state index contributed by atoms with van der Waals surface area (Å²) in [5.41, 5.74) is 1.04. The van der Waals surface area contributed by atoms with Gasteiger partial charge in [0.15, 0.2) is 0 Å². The Hall–Kier alpha value is -0.950. The molecule has 1 fully saturated rings. The second kappa shape index (κ2) is 6.67. The highest BCUT2D eigenvalue weighted by molar-refractivity contribution is 7.89. The average Bonchev–Trinajstić information content (AvgIpc) is 2.45. The minimum absolute atomic E-state index is 0.147. The van der Waals surface area contributed by atoms with E-state index in [0.29, 0.717) is 12.6 Å². The first-order valence-electron chi connectivity index (χ1n) is 6.88. The molecule has 1 saturated carbocycles. The molecule has 2 atom stereocenters. The van der Waals surface area contributed by atoms with Crippen molar-refractivity contribution >= 4 is 10.0 Å². The molecule has 2 unspecified atom stereocenters. The summed E-state index contributed by atoms with van der Waals surface area (Å²) in [5.74, 6) is 0. The van der Waals surface area contributed by atoms with Crippen molar-refractivity contribution in [3.8, 4) is 0 Å². The average molecular weight is 298 g/mol. The van der Waals surface area contributed by atoms with Crippen LogP contribution in [0.2, 0.25) is 0 Å². The van der Waals surface area contributed by atoms with Crippen molar-refractivity contribution in [2.75, 3.05) is 7.11 Å². The van der Waals surface area contributed by atoms with Gasteiger partial charge >= 0.3 is 0 Å². The van der Waals surface area contributed by atoms with Crippen LogP contribution in [0, 0.1) is 0 Å². The fourth-order valence-electron chi connectivity index (χ4n) is 2.66. The Bertz CT molecular complexity index is 528. The summed E-state index contributed by atoms with van der Waals surface area (Å²) in [4.78, 5) is 0.147. The minimum atomic E-state index is -3.61. The predicted molar refractivity (Wildman–Crippen MR) is 77.7 cm³/mol. The van der Waals surface area contributed by atoms with Gasteiger partial charge in [-0.3, -0.25) is 0 Å². The molecular weight excluding hydrogens is 276 g/mol. The molecule has 1 aromatic rings. The summed E-state index contributed by atoms with van der Waals surface area (Å²) in [7, 11) is -1.85. The predicted octanol–water partition coefficient (Wildman–Crippen LogP) is 1.38. The van der Waals surface area contributed by atoms with E-state index in [2.05, 4.69) is 5.32 Å². The Morgan fingerprint density at radius 3 is 2.50 bits per heavy atom. The molecule has 0 bridgehead atoms. The second-order valence-corrected chi connectivity index (χ2v) is 6.80. The van der Waals surface area contributed by atoms with Crippen molar-refractivity contribution in [3.63, 3.8) is 0 Å². The van der Waals surface area contributed by atoms with Crippen LogP contribution in [0.5, 0.6) is 0 Å². The Morgan fingerprint density at radius 2 is 1.90 bits per heavy atom. The number of nitrogens with one attached hydrogen (secondary N) is 1. The molecule has 0 amide bonds. The van der Waals surface area contributed by atoms with Gasteiger partial charge in [0.05, 0.1) is 11.0 Å². The van der Waals surface area contributed by atoms with Crippen LogP contribution in [-0.2, 0) is 21.3 Å². The van der Waals surface area contributed by atoms with Crippen LogP contribution >= 0.6 is 0 Å². The molecule has 0 heterocycles. The smallest absolute Gasteiger partial charge is 0.238 e. The van der Waals surface area contributed by atoms with Gasteiger partial charge in [-0.2, -0.15) is 0 Å². The lowest BCUT2D eigenvalue weighted by Crippen LogP contribution is -2.42. The van der Waals surface area contributed by atoms with Gasteiger partial charge in [0.2, 0.25) is 10.0 Å². The van der Waals surface area contributed by atoms with Gasteiger partial charge in [0.1, 0.15) is 0 Å². The quantitative estimate of drug-likeness (QED) is 0.860. The van der Waals surface area contributed by atoms with Crippen LogP contribution < -0.4 is 10.5 Å². The first kappa shape index (κ1) is 15.4. The van der Waals surface area contributed by atoms with E-state index in [-0.39, 0.29) is 11.0 Å². The lowest BCUT2D eigenvalue weighted by Gasteiger charge is -2.31. The fourth-order valence-corrected chi connectivity index (χ4v) is 3.17. The van der Waals surface area contributed by atoms with E-state index in [9.17, 15) is 8.42 Å². The van der Waals surface area contributed by atoms with Crippen LogP contribution in [-0.4, -0.2) is 27.7 Å². The molecule has 0 saturated heterocycles. The van der Waals surface area contributed by atoms with Gasteiger partial charge in [0, 0.05) is 19.7 Å². The van der Waals surface area contributed by atoms with Crippen molar-refractivity contribution in [3.05, 3.63) is 29.8 Å². The standard InChI is InChI=1S/C14H22N2O3S/c1-19-14-5-3-2-4-13(14)16-10-11-6-8-12(9-7-11)20(15,17)18/h6-9,13-14,16H,2-5,10H2,1H3,(H2,15,17,18). The largest absolute Gasteiger partial charge is 0.380 e. The van der Waals surface area contributed by atoms with Gasteiger partial charge in [-0.15, -0.1) is 0 Å². The number of rotatable bonds is 5. The van der Waals surface area contributed by atoms with E-state index < -0.39 is 10.0 Å². The maximum Gasteiger partial charge on any atom is 0.238 e. The summed E-state index contributed by atoms with van der Waals surface area (Å²) in [6.45, 7) is 0.704. The molecule has 112 valence electrons. The van der Waals surface area contributed by atoms with Crippen LogP contribution in [0.25, 0.3) is 0 Å². The van der Waals surface area contributed by atoms with Crippen molar-refractivity contribution < 1.29 is 13.2 Å². The molecule has 3 N–H and O–H groups in total. The maximum atomic E-state index is 11.2. The zero-order valence-electron chi connectivity index (χ0n) is 11.7. The van der Waals surface area contributed by atoms with Crippen LogP contribution in [0.15, 0.2) is 29.2 Å². The van der Waals surface area contributed by atoms with Gasteiger partial charge in [-0.25, -0.2) is 13.6 Å². The van der Waals surface area contributed by atoms with Crippen molar-refractivity contribution in [1.82, 2.24) is 5.32 Å². The van der Waals surface area contributed by atoms with Gasteiger partial charge < -0.3 is 10.1 Å². The normalized spacial score (nSPS) is 23.7. The lowest BCUT2D eigenvalue weighted by atomic mass is 9.92. The van der Waals surface area contributed by atoms with Crippen LogP contribution in [0.3, 0.4) is 0 Å². The Kier molecular flexibility index (Phi) is 5.15. The number of benzene rings is 1. The Balaban J connectivity index is 1.93. The zero-order valence-corrected chi connectivity index (χ0v) is 12.5. The SMILES string of the molecule is COC1CCCCC1NCc1ccc(S(N)(=O)=O)cc1. The number of nitrogens with two attached hydrogens (primary N) is 1. The summed E-state index contributed by atoms with van der Waals surface area (Å²) < 4.78 is 27.9. The highest BCUT2D eigenvalue weighted by Gasteiger charge is 2.24. The molecule has 0 aromatic heterocycles. The number of hydrogen-bond acceptors (Lipinski definition) is 4. The number of hydrogen-bond donors (Lipinski definition) is 2. The van der Waals surface area contributed by atoms with E-state index in [1.165, 1.54) is 12.8 Å². The summed E-state index contributed by atoms with van der Waals surface area (Å²) in [6.07, 6.45) is 4.93. The van der Waals surface area contributed by atoms with Crippen molar-refractivity contribution in [2.45, 2.75) is 49.3 Å². The molecule has 6 heteroatoms. The summed E-state index contributed by atoms with van der Waals surface area (Å²) in [5, 5.41) is 8.57. The first-order valence-corrected chi connectivity index (χ1v) is 8.43. The highest BCUT2D eigenvalue weighted by Crippen LogP contribution is 2.21. The minimum Gasteiger partial charge on any atom is -0.380 e. The number of methoxy groups -OCH3 is 1. The van der Waals surface area contributed by atoms with Crippen molar-refractivity contribution in [1.29, 1.82) is 0 Å². The van der Waals surface area contributed by atoms with E-state index >= 15 is 0 Å². The summed E-state index contributed by atoms with van der Waals surface area (Å²) >= 11 is 0. The Morgan fingerprint density at radius 1 is 1.25 bits per heavy atom. The Labute approximate surface area is 120 Å². The van der Waals surface area contributed by atoms with E-state index in [1.807, 2.05) is 0 Å². The first-order chi connectivity index (χ1) is 9.50. The molecule has 0 radical (unpaired) electrons. The monoisotopic (exact) mass is 298 g/mol. The van der Waals surface area contributed by atoms with E-state index in [4.69, 9.17) is 9.88 Å². The molecule has 0 aliphatic heterocycles. The van der Waals surface area contributed by atoms with E-state index in [0.717, 1.165) is 18.4 Å². The topological polar surface area (TPSA) is 81.4 Å². The van der Waals surface area contributed by atoms with Crippen LogP contribution in [0.4, 0.5) is 0 Å². The van der Waals surface area contributed by atoms with Gasteiger partial charge in [0.25, 0.3) is 0 Å². The second-order valence-electron chi connectivity index (χ2n) is 5.23. The van der Waals surface area contributed by atoms with E-state index in [1.54, 1.807) is 31.4 Å². The molecule has 20 heavy (non-hydrogen) atoms.